The quantitative estimate of drug-likeness (QED) is 0.400. The van der Waals surface area contributed by atoms with Crippen LogP contribution >= 0.6 is 0 Å². The second kappa shape index (κ2) is 6.33. The molecule has 9 heteroatoms. The summed E-state index contributed by atoms with van der Waals surface area (Å²) >= 11 is 0. The van der Waals surface area contributed by atoms with Crippen molar-refractivity contribution in [2.24, 2.45) is 0 Å². The Bertz CT molecular complexity index is 491. The van der Waals surface area contributed by atoms with Crippen molar-refractivity contribution in [3.05, 3.63) is 34.4 Å². The second-order valence-corrected chi connectivity index (χ2v) is 4.57. The van der Waals surface area contributed by atoms with Crippen LogP contribution in [0.25, 0.3) is 0 Å². The molecular formula is C12H15NO8. The average molecular weight is 301 g/mol. The van der Waals surface area contributed by atoms with E-state index in [1.165, 1.54) is 24.3 Å². The van der Waals surface area contributed by atoms with Crippen LogP contribution in [0.3, 0.4) is 0 Å². The number of hydrogen-bond donors (Lipinski definition) is 4. The van der Waals surface area contributed by atoms with Crippen molar-refractivity contribution < 1.29 is 34.8 Å². The molecule has 2 rings (SSSR count). The first-order valence-electron chi connectivity index (χ1n) is 6.15. The van der Waals surface area contributed by atoms with E-state index in [-0.39, 0.29) is 11.4 Å². The van der Waals surface area contributed by atoms with Crippen LogP contribution in [0.4, 0.5) is 5.69 Å². The first kappa shape index (κ1) is 15.6. The zero-order chi connectivity index (χ0) is 15.6. The summed E-state index contributed by atoms with van der Waals surface area (Å²) in [5.74, 6) is 0.171. The van der Waals surface area contributed by atoms with E-state index in [1.54, 1.807) is 0 Å². The van der Waals surface area contributed by atoms with E-state index < -0.39 is 42.2 Å². The molecule has 0 spiro atoms. The first-order valence-corrected chi connectivity index (χ1v) is 6.15. The van der Waals surface area contributed by atoms with Gasteiger partial charge in [-0.3, -0.25) is 10.1 Å². The van der Waals surface area contributed by atoms with E-state index in [9.17, 15) is 25.4 Å². The topological polar surface area (TPSA) is 143 Å². The smallest absolute Gasteiger partial charge is 0.269 e. The van der Waals surface area contributed by atoms with Crippen molar-refractivity contribution in [3.63, 3.8) is 0 Å². The Morgan fingerprint density at radius 3 is 2.29 bits per heavy atom. The third-order valence-corrected chi connectivity index (χ3v) is 3.15. The van der Waals surface area contributed by atoms with Crippen molar-refractivity contribution >= 4 is 5.69 Å². The molecule has 4 N–H and O–H groups in total. The van der Waals surface area contributed by atoms with Crippen LogP contribution in [0.2, 0.25) is 0 Å². The van der Waals surface area contributed by atoms with Crippen molar-refractivity contribution in [2.75, 3.05) is 6.61 Å². The van der Waals surface area contributed by atoms with Crippen LogP contribution < -0.4 is 4.74 Å². The van der Waals surface area contributed by atoms with Crippen molar-refractivity contribution in [2.45, 2.75) is 30.7 Å². The van der Waals surface area contributed by atoms with Gasteiger partial charge in [0.2, 0.25) is 6.29 Å². The van der Waals surface area contributed by atoms with Crippen LogP contribution in [-0.4, -0.2) is 62.7 Å². The second-order valence-electron chi connectivity index (χ2n) is 4.57. The highest BCUT2D eigenvalue weighted by Gasteiger charge is 2.44. The van der Waals surface area contributed by atoms with Gasteiger partial charge in [0.15, 0.2) is 0 Å². The number of non-ortho nitro benzene ring substituents is 1. The minimum Gasteiger partial charge on any atom is -0.462 e. The lowest BCUT2D eigenvalue weighted by molar-refractivity contribution is -0.384. The van der Waals surface area contributed by atoms with Gasteiger partial charge >= 0.3 is 0 Å². The highest BCUT2D eigenvalue weighted by Crippen LogP contribution is 2.25. The van der Waals surface area contributed by atoms with Crippen molar-refractivity contribution in [1.82, 2.24) is 0 Å². The number of nitrogens with zero attached hydrogens (tertiary/aromatic N) is 1. The standard InChI is InChI=1S/C12H15NO8/c14-5-8-9(15)10(16)11(17)12(21-8)20-7-3-1-6(2-4-7)13(18)19/h1-4,8-12,14-17H,5H2/t8?,9-,10+,11?,12+/m1/s1. The van der Waals surface area contributed by atoms with Gasteiger partial charge in [0.1, 0.15) is 30.2 Å². The number of aliphatic hydroxyl groups excluding tert-OH is 4. The van der Waals surface area contributed by atoms with Crippen LogP contribution in [-0.2, 0) is 4.74 Å². The van der Waals surface area contributed by atoms with Crippen LogP contribution in [0.5, 0.6) is 5.75 Å². The molecular weight excluding hydrogens is 286 g/mol. The van der Waals surface area contributed by atoms with E-state index in [4.69, 9.17) is 14.6 Å². The highest BCUT2D eigenvalue weighted by molar-refractivity contribution is 5.36. The molecule has 1 aromatic carbocycles. The maximum atomic E-state index is 10.5. The van der Waals surface area contributed by atoms with E-state index in [0.29, 0.717) is 0 Å². The zero-order valence-corrected chi connectivity index (χ0v) is 10.8. The molecule has 116 valence electrons. The molecule has 0 aliphatic carbocycles. The van der Waals surface area contributed by atoms with Gasteiger partial charge in [-0.15, -0.1) is 0 Å². The lowest BCUT2D eigenvalue weighted by Gasteiger charge is -2.39. The Morgan fingerprint density at radius 2 is 1.76 bits per heavy atom. The highest BCUT2D eigenvalue weighted by atomic mass is 16.7. The zero-order valence-electron chi connectivity index (χ0n) is 10.8. The normalized spacial score (nSPS) is 32.7. The summed E-state index contributed by atoms with van der Waals surface area (Å²) < 4.78 is 10.4. The molecule has 2 unspecified atom stereocenters. The summed E-state index contributed by atoms with van der Waals surface area (Å²) in [7, 11) is 0. The van der Waals surface area contributed by atoms with E-state index in [2.05, 4.69) is 0 Å². The molecule has 0 bridgehead atoms. The van der Waals surface area contributed by atoms with Crippen molar-refractivity contribution in [1.29, 1.82) is 0 Å². The molecule has 5 atom stereocenters. The van der Waals surface area contributed by atoms with Gasteiger partial charge in [-0.2, -0.15) is 0 Å². The van der Waals surface area contributed by atoms with E-state index >= 15 is 0 Å². The number of ether oxygens (including phenoxy) is 2. The molecule has 1 heterocycles. The maximum absolute atomic E-state index is 10.5. The Kier molecular flexibility index (Phi) is 4.70. The lowest BCUT2D eigenvalue weighted by atomic mass is 9.99. The third kappa shape index (κ3) is 3.28. The number of nitro benzene ring substituents is 1. The van der Waals surface area contributed by atoms with E-state index in [0.717, 1.165) is 0 Å². The number of hydrogen-bond acceptors (Lipinski definition) is 8. The van der Waals surface area contributed by atoms with Gasteiger partial charge in [-0.1, -0.05) is 0 Å². The number of nitro groups is 1. The van der Waals surface area contributed by atoms with Gasteiger partial charge in [-0.05, 0) is 12.1 Å². The summed E-state index contributed by atoms with van der Waals surface area (Å²) in [4.78, 5) is 9.95. The van der Waals surface area contributed by atoms with Crippen molar-refractivity contribution in [3.8, 4) is 5.75 Å². The number of aliphatic hydroxyl groups is 4. The Labute approximate surface area is 119 Å². The molecule has 1 fully saturated rings. The molecule has 0 aromatic heterocycles. The fourth-order valence-electron chi connectivity index (χ4n) is 1.95. The van der Waals surface area contributed by atoms with Gasteiger partial charge < -0.3 is 29.9 Å². The van der Waals surface area contributed by atoms with E-state index in [1.807, 2.05) is 0 Å². The van der Waals surface area contributed by atoms with Crippen LogP contribution in [0.15, 0.2) is 24.3 Å². The molecule has 0 amide bonds. The lowest BCUT2D eigenvalue weighted by Crippen LogP contribution is -2.60. The Hall–Kier alpha value is -1.78. The minimum absolute atomic E-state index is 0.129. The number of benzene rings is 1. The molecule has 1 saturated heterocycles. The third-order valence-electron chi connectivity index (χ3n) is 3.15. The Balaban J connectivity index is 2.08. The molecule has 0 radical (unpaired) electrons. The van der Waals surface area contributed by atoms with Gasteiger partial charge in [0, 0.05) is 12.1 Å². The molecule has 1 aliphatic rings. The maximum Gasteiger partial charge on any atom is 0.269 e. The number of rotatable bonds is 4. The van der Waals surface area contributed by atoms with Crippen LogP contribution in [0, 0.1) is 10.1 Å². The van der Waals surface area contributed by atoms with Gasteiger partial charge in [0.05, 0.1) is 11.5 Å². The van der Waals surface area contributed by atoms with Gasteiger partial charge in [-0.25, -0.2) is 0 Å². The summed E-state index contributed by atoms with van der Waals surface area (Å²) in [6.45, 7) is -0.564. The first-order chi connectivity index (χ1) is 9.93. The SMILES string of the molecule is O=[N+]([O-])c1ccc(O[C@H]2OC(CO)[C@@H](O)[C@H](O)C2O)cc1. The summed E-state index contributed by atoms with van der Waals surface area (Å²) in [6.07, 6.45) is -6.94. The molecule has 21 heavy (non-hydrogen) atoms. The fourth-order valence-corrected chi connectivity index (χ4v) is 1.95. The largest absolute Gasteiger partial charge is 0.462 e. The fraction of sp³-hybridized carbons (Fsp3) is 0.500. The summed E-state index contributed by atoms with van der Waals surface area (Å²) in [5, 5.41) is 48.6. The molecule has 0 saturated carbocycles. The summed E-state index contributed by atoms with van der Waals surface area (Å²) in [5.41, 5.74) is -0.129. The monoisotopic (exact) mass is 301 g/mol. The molecule has 9 nitrogen and oxygen atoms in total. The molecule has 1 aliphatic heterocycles. The predicted octanol–water partition coefficient (Wildman–Crippen LogP) is -1.23. The average Bonchev–Trinajstić information content (AvgIpc) is 2.48. The minimum atomic E-state index is -1.54. The van der Waals surface area contributed by atoms with Crippen LogP contribution in [0.1, 0.15) is 0 Å². The molecule has 1 aromatic rings. The summed E-state index contributed by atoms with van der Waals surface area (Å²) in [6, 6.07) is 5.03. The predicted molar refractivity (Wildman–Crippen MR) is 67.5 cm³/mol. The van der Waals surface area contributed by atoms with Gasteiger partial charge in [0.25, 0.3) is 5.69 Å². The Morgan fingerprint density at radius 1 is 1.14 bits per heavy atom.